The topological polar surface area (TPSA) is 115 Å². The van der Waals surface area contributed by atoms with Crippen LogP contribution in [0.2, 0.25) is 0 Å². The predicted molar refractivity (Wildman–Crippen MR) is 64.3 cm³/mol. The van der Waals surface area contributed by atoms with Crippen molar-refractivity contribution in [1.82, 2.24) is 10.3 Å². The van der Waals surface area contributed by atoms with Crippen molar-refractivity contribution in [2.45, 2.75) is 13.0 Å². The molecule has 1 aromatic rings. The lowest BCUT2D eigenvalue weighted by atomic mass is 9.85. The number of carboxylic acid groups (broad SMARTS) is 1. The highest BCUT2D eigenvalue weighted by molar-refractivity contribution is 7.13. The SMILES string of the molecule is CC1(C(=O)O)COCC1NC(=O)c1csc(N)n1. The van der Waals surface area contributed by atoms with E-state index in [0.29, 0.717) is 5.13 Å². The first-order chi connectivity index (χ1) is 8.43. The molecule has 1 amide bonds. The molecule has 2 unspecified atom stereocenters. The lowest BCUT2D eigenvalue weighted by Crippen LogP contribution is -2.49. The Balaban J connectivity index is 2.10. The number of nitrogens with one attached hydrogen (secondary N) is 1. The summed E-state index contributed by atoms with van der Waals surface area (Å²) in [6.45, 7) is 1.79. The third-order valence-electron chi connectivity index (χ3n) is 3.00. The maximum absolute atomic E-state index is 11.9. The standard InChI is InChI=1S/C10H13N3O4S/c1-10(8(15)16)4-17-2-6(10)13-7(14)5-3-18-9(11)12-5/h3,6H,2,4H2,1H3,(H2,11,12)(H,13,14)(H,15,16). The van der Waals surface area contributed by atoms with Gasteiger partial charge in [0.25, 0.3) is 5.91 Å². The van der Waals surface area contributed by atoms with Crippen LogP contribution in [0.3, 0.4) is 0 Å². The molecule has 0 aliphatic carbocycles. The maximum Gasteiger partial charge on any atom is 0.313 e. The Morgan fingerprint density at radius 3 is 3.00 bits per heavy atom. The molecule has 0 bridgehead atoms. The average molecular weight is 271 g/mol. The van der Waals surface area contributed by atoms with E-state index in [1.54, 1.807) is 6.92 Å². The van der Waals surface area contributed by atoms with Gasteiger partial charge >= 0.3 is 5.97 Å². The molecule has 1 aliphatic rings. The van der Waals surface area contributed by atoms with E-state index in [-0.39, 0.29) is 18.9 Å². The van der Waals surface area contributed by atoms with Gasteiger partial charge in [-0.2, -0.15) is 0 Å². The second-order valence-electron chi connectivity index (χ2n) is 4.33. The summed E-state index contributed by atoms with van der Waals surface area (Å²) in [5.74, 6) is -1.44. The quantitative estimate of drug-likeness (QED) is 0.709. The molecule has 1 saturated heterocycles. The zero-order chi connectivity index (χ0) is 13.3. The van der Waals surface area contributed by atoms with E-state index in [9.17, 15) is 9.59 Å². The highest BCUT2D eigenvalue weighted by Gasteiger charge is 2.47. The number of hydrogen-bond donors (Lipinski definition) is 3. The largest absolute Gasteiger partial charge is 0.481 e. The van der Waals surface area contributed by atoms with Crippen molar-refractivity contribution in [2.24, 2.45) is 5.41 Å². The van der Waals surface area contributed by atoms with Crippen molar-refractivity contribution in [3.8, 4) is 0 Å². The second kappa shape index (κ2) is 4.54. The number of nitrogens with two attached hydrogens (primary N) is 1. The number of aliphatic carboxylic acids is 1. The number of rotatable bonds is 3. The van der Waals surface area contributed by atoms with Crippen LogP contribution in [0.25, 0.3) is 0 Å². The fraction of sp³-hybridized carbons (Fsp3) is 0.500. The van der Waals surface area contributed by atoms with Crippen LogP contribution in [0.15, 0.2) is 5.38 Å². The van der Waals surface area contributed by atoms with Crippen LogP contribution in [-0.2, 0) is 9.53 Å². The van der Waals surface area contributed by atoms with E-state index >= 15 is 0 Å². The summed E-state index contributed by atoms with van der Waals surface area (Å²) in [6.07, 6.45) is 0. The van der Waals surface area contributed by atoms with Crippen LogP contribution in [0.1, 0.15) is 17.4 Å². The summed E-state index contributed by atoms with van der Waals surface area (Å²) in [5, 5.41) is 13.6. The molecule has 1 fully saturated rings. The molecule has 0 saturated carbocycles. The summed E-state index contributed by atoms with van der Waals surface area (Å²) in [7, 11) is 0. The van der Waals surface area contributed by atoms with E-state index in [1.807, 2.05) is 0 Å². The minimum Gasteiger partial charge on any atom is -0.481 e. The Bertz CT molecular complexity index is 489. The van der Waals surface area contributed by atoms with Crippen molar-refractivity contribution < 1.29 is 19.4 Å². The predicted octanol–water partition coefficient (Wildman–Crippen LogP) is -0.0552. The van der Waals surface area contributed by atoms with Crippen molar-refractivity contribution in [3.05, 3.63) is 11.1 Å². The molecule has 7 nitrogen and oxygen atoms in total. The highest BCUT2D eigenvalue weighted by atomic mass is 32.1. The minimum absolute atomic E-state index is 0.0759. The molecule has 1 aliphatic heterocycles. The normalized spacial score (nSPS) is 27.1. The number of nitrogens with zero attached hydrogens (tertiary/aromatic N) is 1. The van der Waals surface area contributed by atoms with Crippen LogP contribution < -0.4 is 11.1 Å². The van der Waals surface area contributed by atoms with Gasteiger partial charge in [-0.1, -0.05) is 0 Å². The number of thiazole rings is 1. The molecule has 98 valence electrons. The third-order valence-corrected chi connectivity index (χ3v) is 3.68. The number of aromatic nitrogens is 1. The van der Waals surface area contributed by atoms with Gasteiger partial charge in [0.05, 0.1) is 19.3 Å². The fourth-order valence-electron chi connectivity index (χ4n) is 1.71. The van der Waals surface area contributed by atoms with Crippen LogP contribution >= 0.6 is 11.3 Å². The number of nitrogen functional groups attached to an aromatic ring is 1. The van der Waals surface area contributed by atoms with Gasteiger partial charge < -0.3 is 20.9 Å². The Kier molecular flexibility index (Phi) is 3.22. The fourth-order valence-corrected chi connectivity index (χ4v) is 2.25. The number of ether oxygens (including phenoxy) is 1. The summed E-state index contributed by atoms with van der Waals surface area (Å²) < 4.78 is 5.14. The number of carboxylic acids is 1. The molecular formula is C10H13N3O4S. The molecule has 0 spiro atoms. The number of amides is 1. The molecule has 4 N–H and O–H groups in total. The van der Waals surface area contributed by atoms with Gasteiger partial charge in [-0.3, -0.25) is 9.59 Å². The monoisotopic (exact) mass is 271 g/mol. The molecule has 18 heavy (non-hydrogen) atoms. The van der Waals surface area contributed by atoms with E-state index < -0.39 is 23.3 Å². The Hall–Kier alpha value is -1.67. The maximum atomic E-state index is 11.9. The van der Waals surface area contributed by atoms with Crippen molar-refractivity contribution in [1.29, 1.82) is 0 Å². The van der Waals surface area contributed by atoms with Gasteiger partial charge in [-0.05, 0) is 6.92 Å². The number of anilines is 1. The average Bonchev–Trinajstić information content (AvgIpc) is 2.87. The van der Waals surface area contributed by atoms with Gasteiger partial charge in [0.2, 0.25) is 0 Å². The van der Waals surface area contributed by atoms with Crippen LogP contribution in [0.5, 0.6) is 0 Å². The molecule has 2 rings (SSSR count). The zero-order valence-corrected chi connectivity index (χ0v) is 10.5. The number of hydrogen-bond acceptors (Lipinski definition) is 6. The van der Waals surface area contributed by atoms with E-state index in [4.69, 9.17) is 15.6 Å². The summed E-state index contributed by atoms with van der Waals surface area (Å²) in [6, 6.07) is -0.578. The third kappa shape index (κ3) is 2.16. The number of carbonyl (C=O) groups excluding carboxylic acids is 1. The Morgan fingerprint density at radius 2 is 2.44 bits per heavy atom. The Morgan fingerprint density at radius 1 is 1.72 bits per heavy atom. The molecule has 1 aromatic heterocycles. The second-order valence-corrected chi connectivity index (χ2v) is 5.22. The van der Waals surface area contributed by atoms with Crippen LogP contribution in [-0.4, -0.2) is 41.2 Å². The number of carbonyl (C=O) groups is 2. The molecular weight excluding hydrogens is 258 g/mol. The molecule has 0 aromatic carbocycles. The summed E-state index contributed by atoms with van der Waals surface area (Å²) in [5.41, 5.74) is 4.51. The van der Waals surface area contributed by atoms with Gasteiger partial charge in [0.1, 0.15) is 11.1 Å². The van der Waals surface area contributed by atoms with Crippen molar-refractivity contribution in [2.75, 3.05) is 18.9 Å². The first kappa shape index (κ1) is 12.8. The lowest BCUT2D eigenvalue weighted by Gasteiger charge is -2.25. The van der Waals surface area contributed by atoms with Gasteiger partial charge in [-0.25, -0.2) is 4.98 Å². The molecule has 8 heteroatoms. The minimum atomic E-state index is -1.11. The summed E-state index contributed by atoms with van der Waals surface area (Å²) >= 11 is 1.16. The van der Waals surface area contributed by atoms with Crippen molar-refractivity contribution in [3.63, 3.8) is 0 Å². The lowest BCUT2D eigenvalue weighted by molar-refractivity contribution is -0.148. The van der Waals surface area contributed by atoms with Crippen LogP contribution in [0.4, 0.5) is 5.13 Å². The first-order valence-electron chi connectivity index (χ1n) is 5.26. The molecule has 2 atom stereocenters. The van der Waals surface area contributed by atoms with E-state index in [0.717, 1.165) is 11.3 Å². The Labute approximate surface area is 107 Å². The van der Waals surface area contributed by atoms with Gasteiger partial charge in [0.15, 0.2) is 5.13 Å². The van der Waals surface area contributed by atoms with Crippen molar-refractivity contribution >= 4 is 28.3 Å². The van der Waals surface area contributed by atoms with Gasteiger partial charge in [-0.15, -0.1) is 11.3 Å². The van der Waals surface area contributed by atoms with Crippen LogP contribution in [0, 0.1) is 5.41 Å². The van der Waals surface area contributed by atoms with E-state index in [2.05, 4.69) is 10.3 Å². The smallest absolute Gasteiger partial charge is 0.313 e. The zero-order valence-electron chi connectivity index (χ0n) is 9.67. The van der Waals surface area contributed by atoms with E-state index in [1.165, 1.54) is 5.38 Å². The van der Waals surface area contributed by atoms with Gasteiger partial charge in [0, 0.05) is 5.38 Å². The molecule has 0 radical (unpaired) electrons. The molecule has 2 heterocycles. The highest BCUT2D eigenvalue weighted by Crippen LogP contribution is 2.29. The summed E-state index contributed by atoms with van der Waals surface area (Å²) in [4.78, 5) is 26.9. The first-order valence-corrected chi connectivity index (χ1v) is 6.14.